The van der Waals surface area contributed by atoms with Gasteiger partial charge in [-0.3, -0.25) is 19.2 Å². The molecule has 17 heavy (non-hydrogen) atoms. The molecule has 0 aliphatic heterocycles. The van der Waals surface area contributed by atoms with Crippen molar-refractivity contribution < 1.29 is 4.79 Å². The van der Waals surface area contributed by atoms with E-state index in [2.05, 4.69) is 10.4 Å². The normalized spacial score (nSPS) is 10.8. The number of fused-ring (bicyclic) bond motifs is 1. The lowest BCUT2D eigenvalue weighted by molar-refractivity contribution is -0.119. The smallest absolute Gasteiger partial charge is 0.217 e. The average Bonchev–Trinajstić information content (AvgIpc) is 2.58. The number of pyridine rings is 1. The summed E-state index contributed by atoms with van der Waals surface area (Å²) in [6.45, 7) is 5.50. The lowest BCUT2D eigenvalue weighted by Gasteiger charge is -2.08. The largest absolute Gasteiger partial charge is 0.352 e. The summed E-state index contributed by atoms with van der Waals surface area (Å²) in [6, 6.07) is 3.49. The first-order valence-corrected chi connectivity index (χ1v) is 5.44. The molecule has 2 N–H and O–H groups in total. The highest BCUT2D eigenvalue weighted by Gasteiger charge is 2.09. The number of rotatable bonds is 2. The van der Waals surface area contributed by atoms with Crippen LogP contribution in [0.5, 0.6) is 0 Å². The Morgan fingerprint density at radius 1 is 1.41 bits per heavy atom. The number of aromatic nitrogens is 2. The van der Waals surface area contributed by atoms with Crippen LogP contribution in [0.4, 0.5) is 0 Å². The maximum atomic E-state index is 11.9. The van der Waals surface area contributed by atoms with Crippen molar-refractivity contribution in [2.75, 3.05) is 0 Å². The third-order valence-corrected chi connectivity index (χ3v) is 2.77. The van der Waals surface area contributed by atoms with Crippen LogP contribution in [0.3, 0.4) is 0 Å². The maximum absolute atomic E-state index is 11.9. The third-order valence-electron chi connectivity index (χ3n) is 2.77. The monoisotopic (exact) mass is 233 g/mol. The van der Waals surface area contributed by atoms with E-state index in [-0.39, 0.29) is 17.9 Å². The van der Waals surface area contributed by atoms with Crippen molar-refractivity contribution in [2.24, 2.45) is 0 Å². The number of carbonyl (C=O) groups is 1. The minimum atomic E-state index is -0.142. The van der Waals surface area contributed by atoms with Crippen LogP contribution >= 0.6 is 0 Å². The molecule has 0 aliphatic carbocycles. The van der Waals surface area contributed by atoms with Gasteiger partial charge in [0.05, 0.1) is 5.52 Å². The molecule has 2 aromatic heterocycles. The molecule has 2 heterocycles. The van der Waals surface area contributed by atoms with Gasteiger partial charge in [0.15, 0.2) is 5.43 Å². The zero-order valence-corrected chi connectivity index (χ0v) is 10.1. The van der Waals surface area contributed by atoms with Crippen LogP contribution < -0.4 is 10.7 Å². The number of aromatic amines is 1. The zero-order valence-electron chi connectivity index (χ0n) is 10.1. The van der Waals surface area contributed by atoms with Gasteiger partial charge in [0, 0.05) is 36.5 Å². The van der Waals surface area contributed by atoms with E-state index in [4.69, 9.17) is 0 Å². The van der Waals surface area contributed by atoms with Crippen LogP contribution in [0.25, 0.3) is 5.52 Å². The Morgan fingerprint density at radius 3 is 2.76 bits per heavy atom. The van der Waals surface area contributed by atoms with Crippen LogP contribution in [-0.4, -0.2) is 15.5 Å². The van der Waals surface area contributed by atoms with Gasteiger partial charge in [-0.2, -0.15) is 0 Å². The molecule has 0 saturated carbocycles. The van der Waals surface area contributed by atoms with E-state index in [1.165, 1.54) is 6.92 Å². The molecule has 1 amide bonds. The van der Waals surface area contributed by atoms with Crippen molar-refractivity contribution in [1.82, 2.24) is 14.9 Å². The molecule has 0 fully saturated rings. The fourth-order valence-corrected chi connectivity index (χ4v) is 1.91. The fourth-order valence-electron chi connectivity index (χ4n) is 1.91. The molecule has 0 saturated heterocycles. The number of carbonyl (C=O) groups excluding carboxylic acids is 1. The number of nitrogens with zero attached hydrogens (tertiary/aromatic N) is 1. The molecule has 0 aromatic carbocycles. The van der Waals surface area contributed by atoms with Gasteiger partial charge in [-0.05, 0) is 19.9 Å². The van der Waals surface area contributed by atoms with Crippen molar-refractivity contribution in [3.8, 4) is 0 Å². The van der Waals surface area contributed by atoms with Gasteiger partial charge >= 0.3 is 0 Å². The van der Waals surface area contributed by atoms with E-state index >= 15 is 0 Å². The number of nitrogens with one attached hydrogen (secondary N) is 2. The summed E-state index contributed by atoms with van der Waals surface area (Å²) in [5.74, 6) is -0.142. The van der Waals surface area contributed by atoms with E-state index in [1.807, 2.05) is 24.4 Å². The second-order valence-electron chi connectivity index (χ2n) is 4.18. The molecule has 0 radical (unpaired) electrons. The van der Waals surface area contributed by atoms with Gasteiger partial charge in [0.25, 0.3) is 0 Å². The first kappa shape index (κ1) is 11.4. The molecule has 0 bridgehead atoms. The van der Waals surface area contributed by atoms with Crippen molar-refractivity contribution in [2.45, 2.75) is 27.3 Å². The summed E-state index contributed by atoms with van der Waals surface area (Å²) >= 11 is 0. The Kier molecular flexibility index (Phi) is 2.75. The molecule has 90 valence electrons. The predicted molar refractivity (Wildman–Crippen MR) is 65.0 cm³/mol. The summed E-state index contributed by atoms with van der Waals surface area (Å²) in [7, 11) is 0. The molecule has 0 aliphatic rings. The maximum Gasteiger partial charge on any atom is 0.217 e. The average molecular weight is 233 g/mol. The first-order valence-electron chi connectivity index (χ1n) is 5.44. The molecule has 5 heteroatoms. The van der Waals surface area contributed by atoms with Crippen LogP contribution in [0.15, 0.2) is 16.9 Å². The van der Waals surface area contributed by atoms with Crippen LogP contribution in [0, 0.1) is 13.8 Å². The molecule has 0 atom stereocenters. The quantitative estimate of drug-likeness (QED) is 0.808. The standard InChI is InChI=1S/C12H15N3O2/c1-7-4-10-5-12(17)11(6-13-9(3)16)8(2)15(10)14-7/h4-5,14H,6H2,1-3H3,(H,13,16). The Balaban J connectivity index is 2.55. The Labute approximate surface area is 98.4 Å². The van der Waals surface area contributed by atoms with Crippen LogP contribution in [0.1, 0.15) is 23.9 Å². The Morgan fingerprint density at radius 2 is 2.12 bits per heavy atom. The van der Waals surface area contributed by atoms with Gasteiger partial charge in [0.1, 0.15) is 0 Å². The van der Waals surface area contributed by atoms with Gasteiger partial charge in [-0.1, -0.05) is 0 Å². The van der Waals surface area contributed by atoms with Crippen molar-refractivity contribution >= 4 is 11.4 Å². The first-order chi connectivity index (χ1) is 7.99. The number of H-pyrrole nitrogens is 1. The van der Waals surface area contributed by atoms with E-state index in [0.717, 1.165) is 16.9 Å². The number of aryl methyl sites for hydroxylation is 2. The van der Waals surface area contributed by atoms with Crippen molar-refractivity contribution in [1.29, 1.82) is 0 Å². The number of hydrogen-bond donors (Lipinski definition) is 2. The summed E-state index contributed by atoms with van der Waals surface area (Å²) in [5.41, 5.74) is 3.23. The van der Waals surface area contributed by atoms with Crippen LogP contribution in [0.2, 0.25) is 0 Å². The molecule has 2 aromatic rings. The molecule has 2 rings (SSSR count). The minimum absolute atomic E-state index is 0.0461. The highest BCUT2D eigenvalue weighted by Crippen LogP contribution is 2.09. The molecule has 0 unspecified atom stereocenters. The van der Waals surface area contributed by atoms with E-state index in [1.54, 1.807) is 6.07 Å². The zero-order chi connectivity index (χ0) is 12.6. The Hall–Kier alpha value is -2.04. The number of amides is 1. The minimum Gasteiger partial charge on any atom is -0.352 e. The molecular weight excluding hydrogens is 218 g/mol. The van der Waals surface area contributed by atoms with Crippen LogP contribution in [-0.2, 0) is 11.3 Å². The van der Waals surface area contributed by atoms with Gasteiger partial charge in [-0.25, -0.2) is 0 Å². The van der Waals surface area contributed by atoms with E-state index in [9.17, 15) is 9.59 Å². The molecule has 5 nitrogen and oxygen atoms in total. The van der Waals surface area contributed by atoms with Gasteiger partial charge < -0.3 is 5.32 Å². The summed E-state index contributed by atoms with van der Waals surface area (Å²) in [4.78, 5) is 22.8. The van der Waals surface area contributed by atoms with Crippen molar-refractivity contribution in [3.05, 3.63) is 39.3 Å². The number of hydrogen-bond acceptors (Lipinski definition) is 2. The summed E-state index contributed by atoms with van der Waals surface area (Å²) in [5, 5.41) is 5.80. The highest BCUT2D eigenvalue weighted by atomic mass is 16.1. The SMILES string of the molecule is CC(=O)NCc1c(C)n2[nH]c(C)cc2cc1=O. The van der Waals surface area contributed by atoms with Gasteiger partial charge in [0.2, 0.25) is 5.91 Å². The second-order valence-corrected chi connectivity index (χ2v) is 4.18. The lowest BCUT2D eigenvalue weighted by atomic mass is 10.2. The lowest BCUT2D eigenvalue weighted by Crippen LogP contribution is -2.25. The van der Waals surface area contributed by atoms with Crippen molar-refractivity contribution in [3.63, 3.8) is 0 Å². The van der Waals surface area contributed by atoms with E-state index in [0.29, 0.717) is 5.56 Å². The Bertz CT molecular complexity index is 637. The third kappa shape index (κ3) is 2.08. The van der Waals surface area contributed by atoms with E-state index < -0.39 is 0 Å². The second kappa shape index (κ2) is 4.08. The topological polar surface area (TPSA) is 66.4 Å². The highest BCUT2D eigenvalue weighted by molar-refractivity contribution is 5.72. The fraction of sp³-hybridized carbons (Fsp3) is 0.333. The summed E-state index contributed by atoms with van der Waals surface area (Å²) in [6.07, 6.45) is 0. The summed E-state index contributed by atoms with van der Waals surface area (Å²) < 4.78 is 1.86. The molecule has 0 spiro atoms. The van der Waals surface area contributed by atoms with Gasteiger partial charge in [-0.15, -0.1) is 0 Å². The predicted octanol–water partition coefficient (Wildman–Crippen LogP) is 0.881. The molecular formula is C12H15N3O2.